The van der Waals surface area contributed by atoms with Crippen molar-refractivity contribution in [1.82, 2.24) is 20.1 Å². The first kappa shape index (κ1) is 20.3. The molecule has 7 heteroatoms. The van der Waals surface area contributed by atoms with E-state index in [4.69, 9.17) is 9.47 Å². The van der Waals surface area contributed by atoms with Crippen LogP contribution in [0.4, 0.5) is 0 Å². The van der Waals surface area contributed by atoms with E-state index in [1.54, 1.807) is 0 Å². The van der Waals surface area contributed by atoms with Crippen LogP contribution in [-0.2, 0) is 19.7 Å². The predicted octanol–water partition coefficient (Wildman–Crippen LogP) is 2.40. The Balaban J connectivity index is 1.72. The third-order valence-electron chi connectivity index (χ3n) is 5.42. The summed E-state index contributed by atoms with van der Waals surface area (Å²) in [4.78, 5) is 20.5. The normalized spacial score (nSPS) is 16.2. The molecule has 0 spiro atoms. The summed E-state index contributed by atoms with van der Waals surface area (Å²) in [5, 5.41) is 6.95. The Morgan fingerprint density at radius 3 is 2.23 bits per heavy atom. The molecule has 1 saturated heterocycles. The van der Waals surface area contributed by atoms with Crippen LogP contribution in [0.1, 0.15) is 23.9 Å². The molecule has 3 aromatic rings. The van der Waals surface area contributed by atoms with Gasteiger partial charge in [0.15, 0.2) is 11.2 Å². The van der Waals surface area contributed by atoms with Gasteiger partial charge < -0.3 is 9.47 Å². The van der Waals surface area contributed by atoms with Gasteiger partial charge in [-0.2, -0.15) is 5.10 Å². The molecule has 30 heavy (non-hydrogen) atoms. The molecule has 0 aliphatic carbocycles. The van der Waals surface area contributed by atoms with Gasteiger partial charge in [0.1, 0.15) is 12.4 Å². The Morgan fingerprint density at radius 1 is 1.10 bits per heavy atom. The van der Waals surface area contributed by atoms with E-state index in [1.807, 2.05) is 67.6 Å². The van der Waals surface area contributed by atoms with Crippen LogP contribution in [0, 0.1) is 0 Å². The maximum Gasteiger partial charge on any atom is 0.329 e. The highest BCUT2D eigenvalue weighted by atomic mass is 16.5. The molecule has 0 radical (unpaired) electrons. The van der Waals surface area contributed by atoms with Crippen molar-refractivity contribution in [3.63, 3.8) is 0 Å². The fourth-order valence-electron chi connectivity index (χ4n) is 3.99. The minimum Gasteiger partial charge on any atom is -0.460 e. The third kappa shape index (κ3) is 3.99. The van der Waals surface area contributed by atoms with E-state index in [1.165, 1.54) is 6.33 Å². The quantitative estimate of drug-likeness (QED) is 0.607. The van der Waals surface area contributed by atoms with E-state index < -0.39 is 5.41 Å². The van der Waals surface area contributed by atoms with Crippen LogP contribution in [0.15, 0.2) is 67.0 Å². The van der Waals surface area contributed by atoms with Gasteiger partial charge in [0.05, 0.1) is 13.2 Å². The Morgan fingerprint density at radius 2 is 1.70 bits per heavy atom. The van der Waals surface area contributed by atoms with Crippen molar-refractivity contribution in [1.29, 1.82) is 0 Å². The first-order valence-corrected chi connectivity index (χ1v) is 10.2. The van der Waals surface area contributed by atoms with Crippen LogP contribution in [0.3, 0.4) is 0 Å². The Labute approximate surface area is 176 Å². The van der Waals surface area contributed by atoms with Crippen molar-refractivity contribution >= 4 is 5.97 Å². The van der Waals surface area contributed by atoms with E-state index in [0.29, 0.717) is 25.6 Å². The van der Waals surface area contributed by atoms with Crippen LogP contribution in [0.5, 0.6) is 0 Å². The zero-order valence-electron chi connectivity index (χ0n) is 17.0. The first-order chi connectivity index (χ1) is 14.7. The Kier molecular flexibility index (Phi) is 6.21. The summed E-state index contributed by atoms with van der Waals surface area (Å²) in [5.41, 5.74) is 0.311. The lowest BCUT2D eigenvalue weighted by Crippen LogP contribution is -2.45. The number of carbonyl (C=O) groups excluding carboxylic acids is 1. The summed E-state index contributed by atoms with van der Waals surface area (Å²) >= 11 is 0. The van der Waals surface area contributed by atoms with Gasteiger partial charge in [-0.25, -0.2) is 4.98 Å². The minimum absolute atomic E-state index is 0.287. The van der Waals surface area contributed by atoms with Crippen LogP contribution < -0.4 is 0 Å². The highest BCUT2D eigenvalue weighted by Crippen LogP contribution is 2.38. The summed E-state index contributed by atoms with van der Waals surface area (Å²) in [6.07, 6.45) is 1.13. The van der Waals surface area contributed by atoms with Crippen LogP contribution in [0.25, 0.3) is 0 Å². The van der Waals surface area contributed by atoms with Crippen LogP contribution in [0.2, 0.25) is 0 Å². The standard InChI is InChI=1S/C23H26N4O3/c1-18(16-27-12-14-29-15-13-27)30-22(28)23(21-24-17-25-26-21,19-8-4-2-5-9-19)20-10-6-3-7-11-20/h2-11,17-18H,12-16H2,1H3,(H,24,25,26). The second-order valence-corrected chi connectivity index (χ2v) is 7.45. The zero-order valence-corrected chi connectivity index (χ0v) is 17.0. The first-order valence-electron chi connectivity index (χ1n) is 10.2. The summed E-state index contributed by atoms with van der Waals surface area (Å²) in [7, 11) is 0. The number of ether oxygens (including phenoxy) is 2. The minimum atomic E-state index is -1.24. The molecule has 1 aliphatic rings. The highest BCUT2D eigenvalue weighted by molar-refractivity contribution is 5.91. The number of hydrogen-bond acceptors (Lipinski definition) is 6. The fourth-order valence-corrected chi connectivity index (χ4v) is 3.99. The average Bonchev–Trinajstić information content (AvgIpc) is 3.31. The van der Waals surface area contributed by atoms with Gasteiger partial charge in [-0.1, -0.05) is 60.7 Å². The predicted molar refractivity (Wildman–Crippen MR) is 112 cm³/mol. The average molecular weight is 406 g/mol. The van der Waals surface area contributed by atoms with E-state index >= 15 is 0 Å². The number of aromatic amines is 1. The second kappa shape index (κ2) is 9.19. The molecule has 0 saturated carbocycles. The van der Waals surface area contributed by atoms with Crippen molar-refractivity contribution in [2.24, 2.45) is 0 Å². The maximum atomic E-state index is 13.9. The Bertz CT molecular complexity index is 886. The van der Waals surface area contributed by atoms with Crippen LogP contribution in [-0.4, -0.2) is 65.0 Å². The molecule has 0 bridgehead atoms. The Hall–Kier alpha value is -3.03. The lowest BCUT2D eigenvalue weighted by Gasteiger charge is -2.33. The lowest BCUT2D eigenvalue weighted by atomic mass is 9.73. The molecule has 1 atom stereocenters. The molecular formula is C23H26N4O3. The third-order valence-corrected chi connectivity index (χ3v) is 5.42. The molecule has 1 fully saturated rings. The van der Waals surface area contributed by atoms with E-state index in [9.17, 15) is 4.79 Å². The number of nitrogens with one attached hydrogen (secondary N) is 1. The maximum absolute atomic E-state index is 13.9. The zero-order chi connectivity index (χ0) is 20.8. The van der Waals surface area contributed by atoms with Crippen molar-refractivity contribution < 1.29 is 14.3 Å². The van der Waals surface area contributed by atoms with Crippen LogP contribution >= 0.6 is 0 Å². The molecule has 1 unspecified atom stereocenters. The van der Waals surface area contributed by atoms with E-state index in [2.05, 4.69) is 20.1 Å². The number of esters is 1. The largest absolute Gasteiger partial charge is 0.460 e. The number of benzene rings is 2. The molecule has 4 rings (SSSR count). The van der Waals surface area contributed by atoms with Crippen molar-refractivity contribution in [2.45, 2.75) is 18.4 Å². The monoisotopic (exact) mass is 406 g/mol. The highest BCUT2D eigenvalue weighted by Gasteiger charge is 2.48. The van der Waals surface area contributed by atoms with Gasteiger partial charge in [0.25, 0.3) is 0 Å². The molecule has 0 amide bonds. The summed E-state index contributed by atoms with van der Waals surface area (Å²) in [6, 6.07) is 19.2. The molecule has 2 heterocycles. The summed E-state index contributed by atoms with van der Waals surface area (Å²) < 4.78 is 11.5. The molecule has 1 aromatic heterocycles. The van der Waals surface area contributed by atoms with Crippen molar-refractivity contribution in [3.05, 3.63) is 83.9 Å². The fraction of sp³-hybridized carbons (Fsp3) is 0.348. The summed E-state index contributed by atoms with van der Waals surface area (Å²) in [5.74, 6) is 0.0564. The van der Waals surface area contributed by atoms with E-state index in [-0.39, 0.29) is 12.1 Å². The van der Waals surface area contributed by atoms with Crippen molar-refractivity contribution in [3.8, 4) is 0 Å². The number of hydrogen-bond donors (Lipinski definition) is 1. The molecule has 1 aliphatic heterocycles. The smallest absolute Gasteiger partial charge is 0.329 e. The topological polar surface area (TPSA) is 80.3 Å². The van der Waals surface area contributed by atoms with Gasteiger partial charge in [0, 0.05) is 19.6 Å². The van der Waals surface area contributed by atoms with E-state index in [0.717, 1.165) is 24.2 Å². The molecule has 1 N–H and O–H groups in total. The van der Waals surface area contributed by atoms with Gasteiger partial charge in [0.2, 0.25) is 0 Å². The number of carbonyl (C=O) groups is 1. The van der Waals surface area contributed by atoms with Crippen molar-refractivity contribution in [2.75, 3.05) is 32.8 Å². The SMILES string of the molecule is CC(CN1CCOCC1)OC(=O)C(c1ccccc1)(c1ccccc1)c1ncn[nH]1. The van der Waals surface area contributed by atoms with Gasteiger partial charge in [-0.05, 0) is 18.1 Å². The van der Waals surface area contributed by atoms with Gasteiger partial charge in [-0.15, -0.1) is 0 Å². The number of morpholine rings is 1. The van der Waals surface area contributed by atoms with Gasteiger partial charge in [-0.3, -0.25) is 14.8 Å². The number of nitrogens with zero attached hydrogens (tertiary/aromatic N) is 3. The number of H-pyrrole nitrogens is 1. The number of aromatic nitrogens is 3. The molecule has 7 nitrogen and oxygen atoms in total. The summed E-state index contributed by atoms with van der Waals surface area (Å²) in [6.45, 7) is 5.67. The molecular weight excluding hydrogens is 380 g/mol. The molecule has 156 valence electrons. The van der Waals surface area contributed by atoms with Gasteiger partial charge >= 0.3 is 5.97 Å². The lowest BCUT2D eigenvalue weighted by molar-refractivity contribution is -0.153. The molecule has 2 aromatic carbocycles. The second-order valence-electron chi connectivity index (χ2n) is 7.45. The number of rotatable bonds is 7.